The number of anilines is 1. The van der Waals surface area contributed by atoms with E-state index >= 15 is 0 Å². The average Bonchev–Trinajstić information content (AvgIpc) is 3.44. The van der Waals surface area contributed by atoms with E-state index in [1.807, 2.05) is 6.07 Å². The van der Waals surface area contributed by atoms with E-state index < -0.39 is 0 Å². The predicted octanol–water partition coefficient (Wildman–Crippen LogP) is 4.81. The Hall–Kier alpha value is -3.47. The monoisotopic (exact) mass is 368 g/mol. The van der Waals surface area contributed by atoms with Crippen LogP contribution in [0.2, 0.25) is 0 Å². The highest BCUT2D eigenvalue weighted by Crippen LogP contribution is 2.30. The molecule has 2 aromatic carbocycles. The summed E-state index contributed by atoms with van der Waals surface area (Å²) in [5.41, 5.74) is 6.63. The van der Waals surface area contributed by atoms with Crippen LogP contribution in [0, 0.1) is 0 Å². The average molecular weight is 368 g/mol. The third-order valence-electron chi connectivity index (χ3n) is 5.75. The molecule has 0 atom stereocenters. The Morgan fingerprint density at radius 3 is 2.79 bits per heavy atom. The number of benzene rings is 2. The van der Waals surface area contributed by atoms with Gasteiger partial charge in [-0.15, -0.1) is 0 Å². The van der Waals surface area contributed by atoms with Gasteiger partial charge in [-0.05, 0) is 53.6 Å². The van der Waals surface area contributed by atoms with E-state index in [0.29, 0.717) is 6.01 Å². The lowest BCUT2D eigenvalue weighted by atomic mass is 10.0. The number of hydrogen-bond donors (Lipinski definition) is 0. The van der Waals surface area contributed by atoms with Crippen LogP contribution in [0.5, 0.6) is 0 Å². The first-order chi connectivity index (χ1) is 13.7. The van der Waals surface area contributed by atoms with Crippen LogP contribution in [0.3, 0.4) is 0 Å². The van der Waals surface area contributed by atoms with Gasteiger partial charge in [-0.25, -0.2) is 0 Å². The highest BCUT2D eigenvalue weighted by Gasteiger charge is 2.20. The number of aryl methyl sites for hydroxylation is 1. The van der Waals surface area contributed by atoms with E-state index in [1.165, 1.54) is 22.2 Å². The van der Waals surface area contributed by atoms with Gasteiger partial charge in [0.25, 0.3) is 6.01 Å². The molecule has 5 heteroatoms. The summed E-state index contributed by atoms with van der Waals surface area (Å²) in [4.78, 5) is 7.01. The van der Waals surface area contributed by atoms with Crippen molar-refractivity contribution in [1.29, 1.82) is 0 Å². The molecule has 0 unspecified atom stereocenters. The molecule has 4 heterocycles. The molecule has 1 aliphatic heterocycles. The van der Waals surface area contributed by atoms with Crippen LogP contribution < -0.4 is 4.90 Å². The molecule has 0 amide bonds. The van der Waals surface area contributed by atoms with Gasteiger partial charge in [-0.3, -0.25) is 0 Å². The maximum Gasteiger partial charge on any atom is 0.298 e. The van der Waals surface area contributed by atoms with Crippen LogP contribution >= 0.6 is 0 Å². The van der Waals surface area contributed by atoms with Gasteiger partial charge in [0.1, 0.15) is 5.52 Å². The van der Waals surface area contributed by atoms with Crippen molar-refractivity contribution < 1.29 is 4.42 Å². The fraction of sp³-hybridized carbons (Fsp3) is 0.174. The molecule has 5 aromatic rings. The predicted molar refractivity (Wildman–Crippen MR) is 111 cm³/mol. The third kappa shape index (κ3) is 2.36. The lowest BCUT2D eigenvalue weighted by Gasteiger charge is -2.27. The van der Waals surface area contributed by atoms with Crippen LogP contribution in [0.25, 0.3) is 33.1 Å². The molecule has 0 spiro atoms. The van der Waals surface area contributed by atoms with Crippen LogP contribution in [0.1, 0.15) is 5.69 Å². The summed E-state index contributed by atoms with van der Waals surface area (Å²) in [5, 5.41) is 1.25. The summed E-state index contributed by atoms with van der Waals surface area (Å²) in [7, 11) is 2.07. The maximum absolute atomic E-state index is 6.07. The molecule has 138 valence electrons. The Bertz CT molecular complexity index is 1320. The normalized spacial score (nSPS) is 14.1. The maximum atomic E-state index is 6.07. The summed E-state index contributed by atoms with van der Waals surface area (Å²) in [6.07, 6.45) is 4.23. The van der Waals surface area contributed by atoms with Gasteiger partial charge in [0.15, 0.2) is 5.58 Å². The fourth-order valence-electron chi connectivity index (χ4n) is 4.17. The Kier molecular flexibility index (Phi) is 3.20. The molecular formula is C23H20N4O. The van der Waals surface area contributed by atoms with Gasteiger partial charge in [-0.2, -0.15) is 4.98 Å². The second-order valence-corrected chi connectivity index (χ2v) is 7.49. The number of nitrogens with zero attached hydrogens (tertiary/aromatic N) is 4. The third-order valence-corrected chi connectivity index (χ3v) is 5.75. The zero-order valence-electron chi connectivity index (χ0n) is 15.7. The van der Waals surface area contributed by atoms with E-state index in [-0.39, 0.29) is 0 Å². The summed E-state index contributed by atoms with van der Waals surface area (Å²) < 4.78 is 10.5. The van der Waals surface area contributed by atoms with E-state index in [1.54, 1.807) is 0 Å². The minimum atomic E-state index is 0.707. The second-order valence-electron chi connectivity index (χ2n) is 7.49. The lowest BCUT2D eigenvalue weighted by Crippen LogP contribution is -2.33. The lowest BCUT2D eigenvalue weighted by molar-refractivity contribution is 0.507. The van der Waals surface area contributed by atoms with E-state index in [4.69, 9.17) is 9.40 Å². The van der Waals surface area contributed by atoms with E-state index in [9.17, 15) is 0 Å². The minimum Gasteiger partial charge on any atom is -0.423 e. The molecule has 3 aromatic heterocycles. The van der Waals surface area contributed by atoms with Gasteiger partial charge in [0.2, 0.25) is 0 Å². The zero-order chi connectivity index (χ0) is 18.7. The second kappa shape index (κ2) is 5.76. The van der Waals surface area contributed by atoms with Crippen molar-refractivity contribution in [2.75, 3.05) is 11.4 Å². The smallest absolute Gasteiger partial charge is 0.298 e. The van der Waals surface area contributed by atoms with Crippen molar-refractivity contribution in [1.82, 2.24) is 14.1 Å². The molecule has 0 saturated heterocycles. The van der Waals surface area contributed by atoms with Gasteiger partial charge >= 0.3 is 0 Å². The molecule has 0 fully saturated rings. The van der Waals surface area contributed by atoms with Crippen molar-refractivity contribution in [2.45, 2.75) is 13.1 Å². The van der Waals surface area contributed by atoms with Crippen LogP contribution in [-0.2, 0) is 20.1 Å². The van der Waals surface area contributed by atoms with Gasteiger partial charge in [-0.1, -0.05) is 12.1 Å². The largest absolute Gasteiger partial charge is 0.423 e. The van der Waals surface area contributed by atoms with Crippen LogP contribution in [-0.4, -0.2) is 20.7 Å². The van der Waals surface area contributed by atoms with Crippen LogP contribution in [0.4, 0.5) is 6.01 Å². The highest BCUT2D eigenvalue weighted by atomic mass is 16.4. The zero-order valence-corrected chi connectivity index (χ0v) is 15.7. The van der Waals surface area contributed by atoms with E-state index in [0.717, 1.165) is 36.3 Å². The molecule has 6 rings (SSSR count). The summed E-state index contributed by atoms with van der Waals surface area (Å²) in [5.74, 6) is 0. The van der Waals surface area contributed by atoms with Crippen molar-refractivity contribution in [3.05, 3.63) is 72.7 Å². The number of hydrogen-bond acceptors (Lipinski definition) is 3. The Balaban J connectivity index is 1.36. The number of oxazole rings is 1. The molecule has 1 aliphatic rings. The molecule has 5 nitrogen and oxygen atoms in total. The molecule has 0 radical (unpaired) electrons. The SMILES string of the molecule is Cn1ccc2cc(-c3ccc4oc(N5CCn6cccc6C5)nc4c3)ccc21. The first kappa shape index (κ1) is 15.6. The van der Waals surface area contributed by atoms with Gasteiger partial charge in [0, 0.05) is 49.1 Å². The summed E-state index contributed by atoms with van der Waals surface area (Å²) in [6, 6.07) is 20.0. The number of fused-ring (bicyclic) bond motifs is 3. The Morgan fingerprint density at radius 1 is 0.929 bits per heavy atom. The fourth-order valence-corrected chi connectivity index (χ4v) is 4.17. The first-order valence-corrected chi connectivity index (χ1v) is 9.60. The topological polar surface area (TPSA) is 39.1 Å². The minimum absolute atomic E-state index is 0.707. The Labute approximate surface area is 162 Å². The number of rotatable bonds is 2. The molecule has 0 saturated carbocycles. The molecule has 0 N–H and O–H groups in total. The summed E-state index contributed by atoms with van der Waals surface area (Å²) >= 11 is 0. The standard InChI is InChI=1S/C23H20N4O/c1-25-10-8-18-13-16(4-6-21(18)25)17-5-7-22-20(14-17)24-23(28-22)27-12-11-26-9-2-3-19(26)15-27/h2-10,13-14H,11-12,15H2,1H3. The van der Waals surface area contributed by atoms with E-state index in [2.05, 4.69) is 82.0 Å². The highest BCUT2D eigenvalue weighted by molar-refractivity contribution is 5.88. The van der Waals surface area contributed by atoms with Crippen molar-refractivity contribution in [2.24, 2.45) is 7.05 Å². The molecule has 0 bridgehead atoms. The molecule has 28 heavy (non-hydrogen) atoms. The van der Waals surface area contributed by atoms with Crippen LogP contribution in [0.15, 0.2) is 71.4 Å². The molecular weight excluding hydrogens is 348 g/mol. The first-order valence-electron chi connectivity index (χ1n) is 9.60. The Morgan fingerprint density at radius 2 is 1.82 bits per heavy atom. The van der Waals surface area contributed by atoms with Crippen molar-refractivity contribution in [3.63, 3.8) is 0 Å². The molecule has 0 aliphatic carbocycles. The van der Waals surface area contributed by atoms with Crippen molar-refractivity contribution >= 4 is 28.0 Å². The van der Waals surface area contributed by atoms with Crippen molar-refractivity contribution in [3.8, 4) is 11.1 Å². The number of aromatic nitrogens is 3. The van der Waals surface area contributed by atoms with Gasteiger partial charge < -0.3 is 18.5 Å². The quantitative estimate of drug-likeness (QED) is 0.449. The summed E-state index contributed by atoms with van der Waals surface area (Å²) in [6.45, 7) is 2.70. The van der Waals surface area contributed by atoms with Gasteiger partial charge in [0.05, 0.1) is 6.54 Å².